The van der Waals surface area contributed by atoms with Crippen molar-refractivity contribution in [2.75, 3.05) is 18.0 Å². The van der Waals surface area contributed by atoms with Crippen molar-refractivity contribution in [3.63, 3.8) is 0 Å². The van der Waals surface area contributed by atoms with Gasteiger partial charge in [0.25, 0.3) is 0 Å². The van der Waals surface area contributed by atoms with Gasteiger partial charge in [0.1, 0.15) is 5.82 Å². The first kappa shape index (κ1) is 14.0. The zero-order chi connectivity index (χ0) is 13.7. The number of anilines is 1. The first-order chi connectivity index (χ1) is 8.43. The van der Waals surface area contributed by atoms with E-state index in [4.69, 9.17) is 11.0 Å². The van der Waals surface area contributed by atoms with Crippen molar-refractivity contribution in [2.45, 2.75) is 13.8 Å². The molecule has 0 radical (unpaired) electrons. The minimum Gasteiger partial charge on any atom is -0.368 e. The van der Waals surface area contributed by atoms with Gasteiger partial charge in [-0.25, -0.2) is 4.39 Å². The number of rotatable bonds is 5. The minimum atomic E-state index is -0.518. The lowest BCUT2D eigenvalue weighted by Crippen LogP contribution is -2.36. The number of benzene rings is 1. The molecule has 1 rings (SSSR count). The fourth-order valence-corrected chi connectivity index (χ4v) is 1.71. The molecule has 0 saturated carbocycles. The SMILES string of the molecule is CC(C)CN(CC(N)=O)c1ccc(C#N)cc1F. The van der Waals surface area contributed by atoms with Crippen molar-refractivity contribution in [1.29, 1.82) is 5.26 Å². The lowest BCUT2D eigenvalue weighted by molar-refractivity contribution is -0.116. The van der Waals surface area contributed by atoms with Gasteiger partial charge in [0.15, 0.2) is 0 Å². The lowest BCUT2D eigenvalue weighted by Gasteiger charge is -2.25. The molecule has 2 N–H and O–H groups in total. The van der Waals surface area contributed by atoms with Crippen LogP contribution in [0.4, 0.5) is 10.1 Å². The van der Waals surface area contributed by atoms with Crippen molar-refractivity contribution in [3.8, 4) is 6.07 Å². The van der Waals surface area contributed by atoms with Crippen LogP contribution in [0.5, 0.6) is 0 Å². The number of primary amides is 1. The number of nitrogens with zero attached hydrogens (tertiary/aromatic N) is 2. The molecular weight excluding hydrogens is 233 g/mol. The van der Waals surface area contributed by atoms with Gasteiger partial charge in [-0.3, -0.25) is 4.79 Å². The van der Waals surface area contributed by atoms with Gasteiger partial charge in [-0.05, 0) is 24.1 Å². The largest absolute Gasteiger partial charge is 0.368 e. The van der Waals surface area contributed by atoms with Crippen LogP contribution < -0.4 is 10.6 Å². The zero-order valence-electron chi connectivity index (χ0n) is 10.5. The molecule has 4 nitrogen and oxygen atoms in total. The average molecular weight is 249 g/mol. The maximum absolute atomic E-state index is 13.8. The molecule has 18 heavy (non-hydrogen) atoms. The summed E-state index contributed by atoms with van der Waals surface area (Å²) >= 11 is 0. The monoisotopic (exact) mass is 249 g/mol. The average Bonchev–Trinajstić information content (AvgIpc) is 2.26. The van der Waals surface area contributed by atoms with E-state index in [1.54, 1.807) is 4.90 Å². The summed E-state index contributed by atoms with van der Waals surface area (Å²) in [4.78, 5) is 12.6. The predicted molar refractivity (Wildman–Crippen MR) is 67.4 cm³/mol. The van der Waals surface area contributed by atoms with Crippen LogP contribution in [0.2, 0.25) is 0 Å². The molecule has 96 valence electrons. The fraction of sp³-hybridized carbons (Fsp3) is 0.385. The Kier molecular flexibility index (Phi) is 4.67. The van der Waals surface area contributed by atoms with E-state index in [0.29, 0.717) is 12.2 Å². The molecule has 1 aromatic rings. The Morgan fingerprint density at radius 1 is 1.56 bits per heavy atom. The van der Waals surface area contributed by atoms with Crippen molar-refractivity contribution >= 4 is 11.6 Å². The van der Waals surface area contributed by atoms with E-state index in [1.807, 2.05) is 19.9 Å². The Bertz CT molecular complexity index is 480. The Labute approximate surface area is 106 Å². The van der Waals surface area contributed by atoms with Gasteiger partial charge in [0.05, 0.1) is 23.9 Å². The van der Waals surface area contributed by atoms with Crippen LogP contribution in [-0.2, 0) is 4.79 Å². The van der Waals surface area contributed by atoms with E-state index >= 15 is 0 Å². The number of hydrogen-bond donors (Lipinski definition) is 1. The van der Waals surface area contributed by atoms with Crippen LogP contribution in [0.3, 0.4) is 0 Å². The van der Waals surface area contributed by atoms with Crippen molar-refractivity contribution in [1.82, 2.24) is 0 Å². The molecule has 0 aliphatic heterocycles. The summed E-state index contributed by atoms with van der Waals surface area (Å²) < 4.78 is 13.8. The Morgan fingerprint density at radius 2 is 2.22 bits per heavy atom. The third-order valence-corrected chi connectivity index (χ3v) is 2.35. The zero-order valence-corrected chi connectivity index (χ0v) is 10.5. The molecule has 0 saturated heterocycles. The van der Waals surface area contributed by atoms with Crippen LogP contribution in [0.15, 0.2) is 18.2 Å². The molecule has 0 aromatic heterocycles. The van der Waals surface area contributed by atoms with E-state index in [0.717, 1.165) is 6.07 Å². The maximum atomic E-state index is 13.8. The van der Waals surface area contributed by atoms with Crippen LogP contribution in [0.1, 0.15) is 19.4 Å². The highest BCUT2D eigenvalue weighted by atomic mass is 19.1. The Morgan fingerprint density at radius 3 is 2.67 bits per heavy atom. The Hall–Kier alpha value is -2.09. The maximum Gasteiger partial charge on any atom is 0.236 e. The summed E-state index contributed by atoms with van der Waals surface area (Å²) in [6, 6.07) is 6.04. The quantitative estimate of drug-likeness (QED) is 0.862. The lowest BCUT2D eigenvalue weighted by atomic mass is 10.1. The summed E-state index contributed by atoms with van der Waals surface area (Å²) in [6.07, 6.45) is 0. The van der Waals surface area contributed by atoms with Gasteiger partial charge in [0, 0.05) is 6.54 Å². The molecule has 0 unspecified atom stereocenters. The molecule has 0 aliphatic carbocycles. The number of carbonyl (C=O) groups is 1. The van der Waals surface area contributed by atoms with E-state index < -0.39 is 11.7 Å². The Balaban J connectivity index is 3.05. The van der Waals surface area contributed by atoms with Crippen LogP contribution in [-0.4, -0.2) is 19.0 Å². The molecule has 0 bridgehead atoms. The molecule has 0 heterocycles. The summed E-state index contributed by atoms with van der Waals surface area (Å²) in [5.74, 6) is -0.769. The smallest absolute Gasteiger partial charge is 0.236 e. The van der Waals surface area contributed by atoms with Gasteiger partial charge in [-0.15, -0.1) is 0 Å². The predicted octanol–water partition coefficient (Wildman–Crippen LogP) is 1.65. The molecular formula is C13H16FN3O. The second kappa shape index (κ2) is 6.01. The third-order valence-electron chi connectivity index (χ3n) is 2.35. The normalized spacial score (nSPS) is 10.2. The summed E-state index contributed by atoms with van der Waals surface area (Å²) in [6.45, 7) is 4.41. The van der Waals surface area contributed by atoms with Crippen molar-refractivity contribution in [2.24, 2.45) is 11.7 Å². The first-order valence-electron chi connectivity index (χ1n) is 5.67. The molecule has 0 atom stereocenters. The van der Waals surface area contributed by atoms with E-state index in [1.165, 1.54) is 12.1 Å². The highest BCUT2D eigenvalue weighted by molar-refractivity contribution is 5.79. The van der Waals surface area contributed by atoms with Gasteiger partial charge in [0.2, 0.25) is 5.91 Å². The van der Waals surface area contributed by atoms with Crippen LogP contribution in [0.25, 0.3) is 0 Å². The number of nitrogens with two attached hydrogens (primary N) is 1. The second-order valence-electron chi connectivity index (χ2n) is 4.52. The molecule has 1 amide bonds. The molecule has 0 aliphatic rings. The summed E-state index contributed by atoms with van der Waals surface area (Å²) in [7, 11) is 0. The summed E-state index contributed by atoms with van der Waals surface area (Å²) in [5, 5.41) is 8.68. The van der Waals surface area contributed by atoms with Crippen LogP contribution >= 0.6 is 0 Å². The van der Waals surface area contributed by atoms with Gasteiger partial charge >= 0.3 is 0 Å². The highest BCUT2D eigenvalue weighted by Crippen LogP contribution is 2.21. The fourth-order valence-electron chi connectivity index (χ4n) is 1.71. The minimum absolute atomic E-state index is 0.0407. The van der Waals surface area contributed by atoms with Crippen molar-refractivity contribution < 1.29 is 9.18 Å². The second-order valence-corrected chi connectivity index (χ2v) is 4.52. The van der Waals surface area contributed by atoms with Crippen LogP contribution in [0, 0.1) is 23.1 Å². The molecule has 0 fully saturated rings. The third kappa shape index (κ3) is 3.74. The number of halogens is 1. The molecule has 5 heteroatoms. The molecule has 1 aromatic carbocycles. The topological polar surface area (TPSA) is 70.1 Å². The number of nitriles is 1. The van der Waals surface area contributed by atoms with Gasteiger partial charge in [-0.1, -0.05) is 13.8 Å². The standard InChI is InChI=1S/C13H16FN3O/c1-9(2)7-17(8-13(16)18)12-4-3-10(6-15)5-11(12)14/h3-5,9H,7-8H2,1-2H3,(H2,16,18). The number of carbonyl (C=O) groups excluding carboxylic acids is 1. The summed E-state index contributed by atoms with van der Waals surface area (Å²) in [5.41, 5.74) is 5.70. The van der Waals surface area contributed by atoms with E-state index in [-0.39, 0.29) is 18.0 Å². The number of hydrogen-bond acceptors (Lipinski definition) is 3. The van der Waals surface area contributed by atoms with Gasteiger partial charge in [-0.2, -0.15) is 5.26 Å². The molecule has 0 spiro atoms. The number of amides is 1. The first-order valence-corrected chi connectivity index (χ1v) is 5.67. The highest BCUT2D eigenvalue weighted by Gasteiger charge is 2.15. The van der Waals surface area contributed by atoms with Crippen molar-refractivity contribution in [3.05, 3.63) is 29.6 Å². The van der Waals surface area contributed by atoms with E-state index in [9.17, 15) is 9.18 Å². The van der Waals surface area contributed by atoms with E-state index in [2.05, 4.69) is 0 Å². The van der Waals surface area contributed by atoms with Gasteiger partial charge < -0.3 is 10.6 Å².